The van der Waals surface area contributed by atoms with E-state index in [9.17, 15) is 0 Å². The maximum atomic E-state index is 8.78. The lowest BCUT2D eigenvalue weighted by molar-refractivity contribution is 0.0691. The molecule has 0 radical (unpaired) electrons. The molecular weight excluding hydrogens is 344 g/mol. The van der Waals surface area contributed by atoms with Gasteiger partial charge in [0.25, 0.3) is 0 Å². The highest BCUT2D eigenvalue weighted by Gasteiger charge is 2.07. The van der Waals surface area contributed by atoms with E-state index in [1.807, 2.05) is 18.2 Å². The van der Waals surface area contributed by atoms with Crippen LogP contribution in [0, 0.1) is 0 Å². The Morgan fingerprint density at radius 1 is 0.615 bits per heavy atom. The molecule has 0 amide bonds. The van der Waals surface area contributed by atoms with Gasteiger partial charge in [0.2, 0.25) is 0 Å². The summed E-state index contributed by atoms with van der Waals surface area (Å²) in [5.41, 5.74) is 0.930. The van der Waals surface area contributed by atoms with Crippen LogP contribution in [-0.2, 0) is 20.6 Å². The summed E-state index contributed by atoms with van der Waals surface area (Å²) in [6.07, 6.45) is 0.616. The Morgan fingerprint density at radius 2 is 1.19 bits per heavy atom. The van der Waals surface area contributed by atoms with Crippen molar-refractivity contribution >= 4 is 0 Å². The summed E-state index contributed by atoms with van der Waals surface area (Å²) in [5, 5.41) is 26.1. The van der Waals surface area contributed by atoms with Crippen LogP contribution in [0.15, 0.2) is 18.2 Å². The summed E-state index contributed by atoms with van der Waals surface area (Å²) in [6, 6.07) is 5.53. The summed E-state index contributed by atoms with van der Waals surface area (Å²) in [4.78, 5) is 0. The van der Waals surface area contributed by atoms with Gasteiger partial charge >= 0.3 is 0 Å². The Labute approximate surface area is 154 Å². The minimum Gasteiger partial charge on any atom is -0.491 e. The molecule has 0 heterocycles. The van der Waals surface area contributed by atoms with Gasteiger partial charge in [-0.2, -0.15) is 0 Å². The Kier molecular flexibility index (Phi) is 13.8. The van der Waals surface area contributed by atoms with E-state index >= 15 is 0 Å². The molecular formula is C18H30O8. The third-order valence-corrected chi connectivity index (χ3v) is 3.24. The van der Waals surface area contributed by atoms with Crippen LogP contribution >= 0.6 is 0 Å². The molecule has 0 saturated carbocycles. The molecule has 0 atom stereocenters. The Morgan fingerprint density at radius 3 is 1.81 bits per heavy atom. The molecule has 0 aliphatic heterocycles. The molecule has 0 fully saturated rings. The Hall–Kier alpha value is -1.42. The number of ether oxygens (including phenoxy) is 5. The van der Waals surface area contributed by atoms with E-state index in [0.29, 0.717) is 64.2 Å². The van der Waals surface area contributed by atoms with Gasteiger partial charge in [0.1, 0.15) is 24.7 Å². The molecule has 1 aromatic rings. The fourth-order valence-electron chi connectivity index (χ4n) is 2.09. The first-order chi connectivity index (χ1) is 12.8. The third-order valence-electron chi connectivity index (χ3n) is 3.24. The number of hydrogen-bond donors (Lipinski definition) is 3. The summed E-state index contributed by atoms with van der Waals surface area (Å²) in [5.74, 6) is 1.41. The predicted molar refractivity (Wildman–Crippen MR) is 94.9 cm³/mol. The van der Waals surface area contributed by atoms with E-state index in [4.69, 9.17) is 39.0 Å². The average Bonchev–Trinajstić information content (AvgIpc) is 2.66. The van der Waals surface area contributed by atoms with Crippen molar-refractivity contribution in [2.24, 2.45) is 0 Å². The van der Waals surface area contributed by atoms with E-state index in [2.05, 4.69) is 0 Å². The largest absolute Gasteiger partial charge is 0.491 e. The number of rotatable bonds is 17. The van der Waals surface area contributed by atoms with Crippen molar-refractivity contribution in [3.8, 4) is 11.5 Å². The fourth-order valence-corrected chi connectivity index (χ4v) is 2.09. The smallest absolute Gasteiger partial charge is 0.122 e. The van der Waals surface area contributed by atoms with Crippen molar-refractivity contribution in [3.05, 3.63) is 23.8 Å². The fraction of sp³-hybridized carbons (Fsp3) is 0.667. The van der Waals surface area contributed by atoms with Gasteiger partial charge in [-0.1, -0.05) is 0 Å². The van der Waals surface area contributed by atoms with Gasteiger partial charge in [0.05, 0.1) is 59.5 Å². The normalized spacial score (nSPS) is 10.9. The lowest BCUT2D eigenvalue weighted by Gasteiger charge is -2.14. The highest BCUT2D eigenvalue weighted by Crippen LogP contribution is 2.25. The van der Waals surface area contributed by atoms with E-state index in [0.717, 1.165) is 5.56 Å². The molecule has 0 unspecified atom stereocenters. The van der Waals surface area contributed by atoms with Gasteiger partial charge in [-0.05, 0) is 24.6 Å². The SMILES string of the molecule is OCCOCCOc1ccc(OCCOCCO)c(CCOCCO)c1. The van der Waals surface area contributed by atoms with E-state index in [-0.39, 0.29) is 26.4 Å². The maximum absolute atomic E-state index is 8.78. The first-order valence-electron chi connectivity index (χ1n) is 8.76. The average molecular weight is 374 g/mol. The number of aliphatic hydroxyl groups excluding tert-OH is 3. The molecule has 0 spiro atoms. The Bertz CT molecular complexity index is 455. The lowest BCUT2D eigenvalue weighted by Crippen LogP contribution is -2.12. The molecule has 1 aromatic carbocycles. The molecule has 0 aliphatic carbocycles. The first kappa shape index (κ1) is 22.6. The molecule has 0 aliphatic rings. The highest BCUT2D eigenvalue weighted by atomic mass is 16.5. The molecule has 26 heavy (non-hydrogen) atoms. The third kappa shape index (κ3) is 10.5. The van der Waals surface area contributed by atoms with Crippen LogP contribution in [0.1, 0.15) is 5.56 Å². The van der Waals surface area contributed by atoms with Crippen molar-refractivity contribution in [2.45, 2.75) is 6.42 Å². The summed E-state index contributed by atoms with van der Waals surface area (Å²) in [6.45, 7) is 2.85. The van der Waals surface area contributed by atoms with Gasteiger partial charge in [0.15, 0.2) is 0 Å². The molecule has 1 rings (SSSR count). The maximum Gasteiger partial charge on any atom is 0.122 e. The Balaban J connectivity index is 2.53. The van der Waals surface area contributed by atoms with Crippen LogP contribution in [0.3, 0.4) is 0 Å². The molecule has 8 nitrogen and oxygen atoms in total. The summed E-state index contributed by atoms with van der Waals surface area (Å²) >= 11 is 0. The van der Waals surface area contributed by atoms with Crippen LogP contribution in [0.5, 0.6) is 11.5 Å². The number of aliphatic hydroxyl groups is 3. The predicted octanol–water partition coefficient (Wildman–Crippen LogP) is 0.0134. The van der Waals surface area contributed by atoms with Gasteiger partial charge in [-0.25, -0.2) is 0 Å². The van der Waals surface area contributed by atoms with Gasteiger partial charge in [-0.15, -0.1) is 0 Å². The zero-order valence-electron chi connectivity index (χ0n) is 15.1. The van der Waals surface area contributed by atoms with Crippen LogP contribution in [0.4, 0.5) is 0 Å². The minimum atomic E-state index is -0.0124. The highest BCUT2D eigenvalue weighted by molar-refractivity contribution is 5.40. The van der Waals surface area contributed by atoms with Crippen molar-refractivity contribution < 1.29 is 39.0 Å². The topological polar surface area (TPSA) is 107 Å². The lowest BCUT2D eigenvalue weighted by atomic mass is 10.1. The molecule has 8 heteroatoms. The minimum absolute atomic E-state index is 0.00789. The van der Waals surface area contributed by atoms with Crippen LogP contribution in [0.25, 0.3) is 0 Å². The second-order valence-electron chi connectivity index (χ2n) is 5.22. The van der Waals surface area contributed by atoms with Crippen LogP contribution in [0.2, 0.25) is 0 Å². The van der Waals surface area contributed by atoms with Crippen LogP contribution in [-0.4, -0.2) is 88.0 Å². The van der Waals surface area contributed by atoms with Crippen LogP contribution < -0.4 is 9.47 Å². The zero-order valence-corrected chi connectivity index (χ0v) is 15.1. The number of benzene rings is 1. The quantitative estimate of drug-likeness (QED) is 0.328. The molecule has 3 N–H and O–H groups in total. The molecule has 0 saturated heterocycles. The van der Waals surface area contributed by atoms with Gasteiger partial charge in [0, 0.05) is 5.56 Å². The zero-order chi connectivity index (χ0) is 18.9. The van der Waals surface area contributed by atoms with E-state index in [1.54, 1.807) is 0 Å². The second-order valence-corrected chi connectivity index (χ2v) is 5.22. The van der Waals surface area contributed by atoms with E-state index < -0.39 is 0 Å². The van der Waals surface area contributed by atoms with Gasteiger partial charge < -0.3 is 39.0 Å². The van der Waals surface area contributed by atoms with E-state index in [1.165, 1.54) is 0 Å². The van der Waals surface area contributed by atoms with Crippen molar-refractivity contribution in [1.29, 1.82) is 0 Å². The monoisotopic (exact) mass is 374 g/mol. The standard InChI is InChI=1S/C18H30O8/c19-4-8-22-7-3-16-15-17(25-13-11-23-9-5-20)1-2-18(16)26-14-12-24-10-6-21/h1-2,15,19-21H,3-14H2. The van der Waals surface area contributed by atoms with Crippen molar-refractivity contribution in [3.63, 3.8) is 0 Å². The van der Waals surface area contributed by atoms with Crippen molar-refractivity contribution in [1.82, 2.24) is 0 Å². The molecule has 0 bridgehead atoms. The molecule has 0 aromatic heterocycles. The first-order valence-corrected chi connectivity index (χ1v) is 8.76. The van der Waals surface area contributed by atoms with Gasteiger partial charge in [-0.3, -0.25) is 0 Å². The second kappa shape index (κ2) is 15.8. The summed E-state index contributed by atoms with van der Waals surface area (Å²) in [7, 11) is 0. The van der Waals surface area contributed by atoms with Crippen molar-refractivity contribution in [2.75, 3.05) is 72.7 Å². The molecule has 150 valence electrons. The number of hydrogen-bond acceptors (Lipinski definition) is 8. The summed E-state index contributed by atoms with van der Waals surface area (Å²) < 4.78 is 27.0.